The fourth-order valence-corrected chi connectivity index (χ4v) is 5.00. The Hall–Kier alpha value is -2.62. The van der Waals surface area contributed by atoms with Gasteiger partial charge in [0.05, 0.1) is 5.92 Å². The maximum absolute atomic E-state index is 12.6. The number of rotatable bonds is 3. The molecule has 1 aromatic carbocycles. The van der Waals surface area contributed by atoms with Gasteiger partial charge in [-0.15, -0.1) is 0 Å². The first kappa shape index (κ1) is 18.7. The Morgan fingerprint density at radius 3 is 2.79 bits per heavy atom. The van der Waals surface area contributed by atoms with Gasteiger partial charge in [0.25, 0.3) is 0 Å². The first-order valence-corrected chi connectivity index (χ1v) is 9.93. The molecule has 1 aliphatic heterocycles. The molecule has 2 aliphatic carbocycles. The lowest BCUT2D eigenvalue weighted by Crippen LogP contribution is -2.43. The van der Waals surface area contributed by atoms with Gasteiger partial charge in [0.1, 0.15) is 11.7 Å². The minimum absolute atomic E-state index is 0.000868. The van der Waals surface area contributed by atoms with Crippen molar-refractivity contribution in [2.24, 2.45) is 11.8 Å². The SMILES string of the molecule is C=C1C(=O)O[C@H]2[C@H]1CCC(C)=C1CC[C@@](C)(OC(=O)/C=C/c3ccccc3)[C@@H]12. The molecule has 28 heavy (non-hydrogen) atoms. The maximum Gasteiger partial charge on any atom is 0.334 e. The van der Waals surface area contributed by atoms with Gasteiger partial charge in [-0.05, 0) is 51.2 Å². The third kappa shape index (κ3) is 3.21. The first-order valence-electron chi connectivity index (χ1n) is 9.93. The van der Waals surface area contributed by atoms with Crippen molar-refractivity contribution in [1.82, 2.24) is 0 Å². The molecule has 1 heterocycles. The van der Waals surface area contributed by atoms with Crippen LogP contribution in [0.2, 0.25) is 0 Å². The summed E-state index contributed by atoms with van der Waals surface area (Å²) in [6.07, 6.45) is 6.35. The topological polar surface area (TPSA) is 52.6 Å². The maximum atomic E-state index is 12.6. The predicted molar refractivity (Wildman–Crippen MR) is 107 cm³/mol. The number of ether oxygens (including phenoxy) is 2. The number of fused-ring (bicyclic) bond motifs is 3. The van der Waals surface area contributed by atoms with E-state index in [-0.39, 0.29) is 29.9 Å². The molecule has 4 atom stereocenters. The summed E-state index contributed by atoms with van der Waals surface area (Å²) >= 11 is 0. The fraction of sp³-hybridized carbons (Fsp3) is 0.417. The van der Waals surface area contributed by atoms with Crippen LogP contribution >= 0.6 is 0 Å². The third-order valence-corrected chi connectivity index (χ3v) is 6.53. The van der Waals surface area contributed by atoms with Gasteiger partial charge in [-0.25, -0.2) is 9.59 Å². The van der Waals surface area contributed by atoms with Crippen LogP contribution in [-0.2, 0) is 19.1 Å². The summed E-state index contributed by atoms with van der Waals surface area (Å²) in [6, 6.07) is 9.66. The van der Waals surface area contributed by atoms with E-state index in [9.17, 15) is 9.59 Å². The molecule has 146 valence electrons. The first-order chi connectivity index (χ1) is 13.4. The quantitative estimate of drug-likeness (QED) is 0.437. The lowest BCUT2D eigenvalue weighted by atomic mass is 9.79. The highest BCUT2D eigenvalue weighted by atomic mass is 16.6. The van der Waals surface area contributed by atoms with Crippen LogP contribution in [0.25, 0.3) is 6.08 Å². The standard InChI is InChI=1S/C24H26O4/c1-15-9-11-19-16(2)23(26)27-22(19)21-18(15)13-14-24(21,3)28-20(25)12-10-17-7-5-4-6-8-17/h4-8,10,12,19,21-22H,2,9,11,13-14H2,1,3H3/b12-10+/t19-,21-,22-,24+/m0/s1. The van der Waals surface area contributed by atoms with Crippen molar-refractivity contribution in [2.75, 3.05) is 0 Å². The van der Waals surface area contributed by atoms with E-state index < -0.39 is 5.60 Å². The summed E-state index contributed by atoms with van der Waals surface area (Å²) in [7, 11) is 0. The molecule has 4 rings (SSSR count). The van der Waals surface area contributed by atoms with Crippen LogP contribution in [0, 0.1) is 11.8 Å². The molecule has 0 radical (unpaired) electrons. The number of benzene rings is 1. The zero-order valence-electron chi connectivity index (χ0n) is 16.4. The Balaban J connectivity index is 1.59. The van der Waals surface area contributed by atoms with E-state index >= 15 is 0 Å². The van der Waals surface area contributed by atoms with E-state index in [0.29, 0.717) is 5.57 Å². The van der Waals surface area contributed by atoms with Crippen molar-refractivity contribution in [3.8, 4) is 0 Å². The van der Waals surface area contributed by atoms with E-state index in [4.69, 9.17) is 9.47 Å². The average Bonchev–Trinajstić information content (AvgIpc) is 3.10. The number of hydrogen-bond donors (Lipinski definition) is 0. The van der Waals surface area contributed by atoms with Gasteiger partial charge >= 0.3 is 11.9 Å². The number of carbonyl (C=O) groups is 2. The second-order valence-electron chi connectivity index (χ2n) is 8.30. The summed E-state index contributed by atoms with van der Waals surface area (Å²) in [5.74, 6) is -0.772. The Bertz CT molecular complexity index is 879. The van der Waals surface area contributed by atoms with Gasteiger partial charge in [0.2, 0.25) is 0 Å². The number of allylic oxidation sites excluding steroid dienone is 1. The molecule has 4 heteroatoms. The van der Waals surface area contributed by atoms with Gasteiger partial charge in [0, 0.05) is 17.6 Å². The van der Waals surface area contributed by atoms with Crippen LogP contribution in [0.15, 0.2) is 59.7 Å². The molecule has 1 saturated heterocycles. The van der Waals surface area contributed by atoms with Gasteiger partial charge in [-0.1, -0.05) is 48.1 Å². The van der Waals surface area contributed by atoms with E-state index in [0.717, 1.165) is 31.2 Å². The smallest absolute Gasteiger partial charge is 0.334 e. The summed E-state index contributed by atoms with van der Waals surface area (Å²) < 4.78 is 11.7. The lowest BCUT2D eigenvalue weighted by molar-refractivity contribution is -0.161. The zero-order chi connectivity index (χ0) is 19.9. The number of carbonyl (C=O) groups excluding carboxylic acids is 2. The van der Waals surface area contributed by atoms with Gasteiger partial charge in [-0.2, -0.15) is 0 Å². The molecule has 4 nitrogen and oxygen atoms in total. The van der Waals surface area contributed by atoms with E-state index in [2.05, 4.69) is 13.5 Å². The summed E-state index contributed by atoms with van der Waals surface area (Å²) in [4.78, 5) is 24.7. The molecule has 3 aliphatic rings. The Labute approximate surface area is 165 Å². The van der Waals surface area contributed by atoms with Crippen molar-refractivity contribution in [3.05, 3.63) is 65.3 Å². The summed E-state index contributed by atoms with van der Waals surface area (Å²) in [6.45, 7) is 8.09. The van der Waals surface area contributed by atoms with Crippen LogP contribution in [0.4, 0.5) is 0 Å². The van der Waals surface area contributed by atoms with E-state index in [1.54, 1.807) is 6.08 Å². The second-order valence-corrected chi connectivity index (χ2v) is 8.30. The van der Waals surface area contributed by atoms with Crippen molar-refractivity contribution in [1.29, 1.82) is 0 Å². The van der Waals surface area contributed by atoms with Gasteiger partial charge < -0.3 is 9.47 Å². The van der Waals surface area contributed by atoms with Crippen molar-refractivity contribution >= 4 is 18.0 Å². The highest BCUT2D eigenvalue weighted by Crippen LogP contribution is 2.53. The third-order valence-electron chi connectivity index (χ3n) is 6.53. The monoisotopic (exact) mass is 378 g/mol. The van der Waals surface area contributed by atoms with Crippen molar-refractivity contribution in [2.45, 2.75) is 51.2 Å². The van der Waals surface area contributed by atoms with E-state index in [1.807, 2.05) is 37.3 Å². The van der Waals surface area contributed by atoms with Gasteiger partial charge in [-0.3, -0.25) is 0 Å². The molecular formula is C24H26O4. The van der Waals surface area contributed by atoms with E-state index in [1.165, 1.54) is 17.2 Å². The zero-order valence-corrected chi connectivity index (χ0v) is 16.4. The number of esters is 2. The van der Waals surface area contributed by atoms with Crippen molar-refractivity contribution < 1.29 is 19.1 Å². The average molecular weight is 378 g/mol. The molecule has 0 amide bonds. The highest BCUT2D eigenvalue weighted by molar-refractivity contribution is 5.91. The molecule has 0 bridgehead atoms. The Morgan fingerprint density at radius 2 is 2.04 bits per heavy atom. The van der Waals surface area contributed by atoms with Crippen LogP contribution in [0.3, 0.4) is 0 Å². The van der Waals surface area contributed by atoms with Crippen LogP contribution in [0.1, 0.15) is 45.1 Å². The molecule has 2 fully saturated rings. The number of hydrogen-bond acceptors (Lipinski definition) is 4. The Kier molecular flexibility index (Phi) is 4.74. The Morgan fingerprint density at radius 1 is 1.29 bits per heavy atom. The molecule has 0 aromatic heterocycles. The van der Waals surface area contributed by atoms with Crippen LogP contribution in [-0.4, -0.2) is 23.6 Å². The normalized spacial score (nSPS) is 32.1. The molecule has 0 spiro atoms. The minimum Gasteiger partial charge on any atom is -0.458 e. The summed E-state index contributed by atoms with van der Waals surface area (Å²) in [5.41, 5.74) is 3.44. The highest BCUT2D eigenvalue weighted by Gasteiger charge is 2.56. The molecule has 1 saturated carbocycles. The molecule has 0 N–H and O–H groups in total. The molecule has 0 unspecified atom stereocenters. The largest absolute Gasteiger partial charge is 0.458 e. The van der Waals surface area contributed by atoms with Crippen LogP contribution in [0.5, 0.6) is 0 Å². The second kappa shape index (κ2) is 7.08. The van der Waals surface area contributed by atoms with Crippen LogP contribution < -0.4 is 0 Å². The lowest BCUT2D eigenvalue weighted by Gasteiger charge is -2.35. The fourth-order valence-electron chi connectivity index (χ4n) is 5.00. The van der Waals surface area contributed by atoms with Crippen molar-refractivity contribution in [3.63, 3.8) is 0 Å². The van der Waals surface area contributed by atoms with Gasteiger partial charge in [0.15, 0.2) is 0 Å². The minimum atomic E-state index is -0.688. The predicted octanol–water partition coefficient (Wildman–Crippen LogP) is 4.62. The molecular weight excluding hydrogens is 352 g/mol. The summed E-state index contributed by atoms with van der Waals surface area (Å²) in [5, 5.41) is 0. The molecule has 1 aromatic rings.